The first-order valence-corrected chi connectivity index (χ1v) is 5.47. The molecule has 0 aromatic heterocycles. The molecule has 1 aliphatic rings. The second kappa shape index (κ2) is 4.07. The lowest BCUT2D eigenvalue weighted by Crippen LogP contribution is -2.33. The van der Waals surface area contributed by atoms with E-state index in [1.54, 1.807) is 31.3 Å². The van der Waals surface area contributed by atoms with Crippen LogP contribution in [0.25, 0.3) is 0 Å². The van der Waals surface area contributed by atoms with Gasteiger partial charge in [0.15, 0.2) is 0 Å². The first kappa shape index (κ1) is 11.4. The van der Waals surface area contributed by atoms with E-state index in [2.05, 4.69) is 4.99 Å². The van der Waals surface area contributed by atoms with Gasteiger partial charge in [-0.25, -0.2) is 0 Å². The molecule has 2 rings (SSSR count). The number of ether oxygens (including phenoxy) is 1. The van der Waals surface area contributed by atoms with Crippen LogP contribution < -0.4 is 0 Å². The summed E-state index contributed by atoms with van der Waals surface area (Å²) in [6, 6.07) is 5.26. The maximum atomic E-state index is 10.3. The molecule has 5 heteroatoms. The van der Waals surface area contributed by atoms with Gasteiger partial charge in [-0.2, -0.15) is 0 Å². The summed E-state index contributed by atoms with van der Waals surface area (Å²) in [4.78, 5) is 13.6. The van der Waals surface area contributed by atoms with Crippen molar-refractivity contribution in [2.75, 3.05) is 0 Å². The number of carbonyl (C=O) groups is 1. The van der Waals surface area contributed by atoms with Crippen LogP contribution in [0.15, 0.2) is 23.2 Å². The lowest BCUT2D eigenvalue weighted by atomic mass is 9.95. The van der Waals surface area contributed by atoms with Crippen molar-refractivity contribution in [1.29, 1.82) is 0 Å². The Balaban J connectivity index is 2.44. The summed E-state index contributed by atoms with van der Waals surface area (Å²) < 4.78 is 4.88. The van der Waals surface area contributed by atoms with E-state index in [0.29, 0.717) is 11.5 Å². The normalized spacial score (nSPS) is 23.9. The van der Waals surface area contributed by atoms with Crippen LogP contribution in [0, 0.1) is 0 Å². The highest BCUT2D eigenvalue weighted by Crippen LogP contribution is 2.44. The second-order valence-electron chi connectivity index (χ2n) is 3.56. The lowest BCUT2D eigenvalue weighted by Gasteiger charge is -2.25. The molecule has 0 aliphatic carbocycles. The van der Waals surface area contributed by atoms with E-state index in [9.17, 15) is 4.79 Å². The largest absolute Gasteiger partial charge is 0.462 e. The van der Waals surface area contributed by atoms with Gasteiger partial charge in [0.2, 0.25) is 0 Å². The SMILES string of the molecule is CC(OC=O)C1(Cl)C=Nc2ccc(Cl)cc21. The third-order valence-corrected chi connectivity index (χ3v) is 3.46. The van der Waals surface area contributed by atoms with Crippen LogP contribution in [0.1, 0.15) is 12.5 Å². The highest BCUT2D eigenvalue weighted by Gasteiger charge is 2.41. The van der Waals surface area contributed by atoms with Gasteiger partial charge in [-0.15, -0.1) is 11.6 Å². The minimum absolute atomic E-state index is 0.380. The molecule has 0 spiro atoms. The smallest absolute Gasteiger partial charge is 0.293 e. The van der Waals surface area contributed by atoms with Crippen molar-refractivity contribution < 1.29 is 9.53 Å². The van der Waals surface area contributed by atoms with Crippen molar-refractivity contribution in [3.8, 4) is 0 Å². The van der Waals surface area contributed by atoms with Gasteiger partial charge in [-0.1, -0.05) is 11.6 Å². The fourth-order valence-corrected chi connectivity index (χ4v) is 2.09. The minimum Gasteiger partial charge on any atom is -0.462 e. The number of hydrogen-bond donors (Lipinski definition) is 0. The molecule has 3 nitrogen and oxygen atoms in total. The van der Waals surface area contributed by atoms with Gasteiger partial charge in [0.1, 0.15) is 11.0 Å². The van der Waals surface area contributed by atoms with Gasteiger partial charge >= 0.3 is 0 Å². The van der Waals surface area contributed by atoms with E-state index < -0.39 is 11.0 Å². The van der Waals surface area contributed by atoms with E-state index in [-0.39, 0.29) is 0 Å². The summed E-state index contributed by atoms with van der Waals surface area (Å²) >= 11 is 12.3. The Morgan fingerprint density at radius 1 is 1.56 bits per heavy atom. The summed E-state index contributed by atoms with van der Waals surface area (Å²) in [5, 5.41) is 0.576. The predicted molar refractivity (Wildman–Crippen MR) is 63.7 cm³/mol. The molecule has 1 heterocycles. The van der Waals surface area contributed by atoms with E-state index >= 15 is 0 Å². The fourth-order valence-electron chi connectivity index (χ4n) is 1.67. The van der Waals surface area contributed by atoms with Crippen molar-refractivity contribution in [2.24, 2.45) is 4.99 Å². The predicted octanol–water partition coefficient (Wildman–Crippen LogP) is 3.05. The monoisotopic (exact) mass is 257 g/mol. The Labute approximate surface area is 103 Å². The van der Waals surface area contributed by atoms with Crippen LogP contribution in [-0.4, -0.2) is 18.8 Å². The third kappa shape index (κ3) is 1.70. The molecular formula is C11H9Cl2NO2. The van der Waals surface area contributed by atoms with E-state index in [1.165, 1.54) is 0 Å². The first-order valence-electron chi connectivity index (χ1n) is 4.71. The topological polar surface area (TPSA) is 38.7 Å². The summed E-state index contributed by atoms with van der Waals surface area (Å²) in [5.41, 5.74) is 1.51. The van der Waals surface area contributed by atoms with Crippen LogP contribution in [0.5, 0.6) is 0 Å². The molecule has 1 aliphatic heterocycles. The summed E-state index contributed by atoms with van der Waals surface area (Å²) in [7, 11) is 0. The molecule has 1 aromatic carbocycles. The standard InChI is InChI=1S/C11H9Cl2NO2/c1-7(16-6-15)11(13)5-14-10-3-2-8(12)4-9(10)11/h2-7H,1H3. The molecule has 0 radical (unpaired) electrons. The average Bonchev–Trinajstić information content (AvgIpc) is 2.58. The Morgan fingerprint density at radius 2 is 2.31 bits per heavy atom. The van der Waals surface area contributed by atoms with Crippen molar-refractivity contribution in [3.05, 3.63) is 28.8 Å². The number of alkyl halides is 1. The molecule has 0 bridgehead atoms. The summed E-state index contributed by atoms with van der Waals surface area (Å²) in [5.74, 6) is 0. The van der Waals surface area contributed by atoms with Gasteiger partial charge in [0, 0.05) is 16.8 Å². The zero-order valence-electron chi connectivity index (χ0n) is 8.48. The number of halogens is 2. The Kier molecular flexibility index (Phi) is 2.91. The molecule has 0 saturated carbocycles. The Hall–Kier alpha value is -1.06. The van der Waals surface area contributed by atoms with Crippen LogP contribution >= 0.6 is 23.2 Å². The summed E-state index contributed by atoms with van der Waals surface area (Å²) in [6.45, 7) is 2.09. The number of nitrogens with zero attached hydrogens (tertiary/aromatic N) is 1. The maximum Gasteiger partial charge on any atom is 0.293 e. The van der Waals surface area contributed by atoms with Crippen molar-refractivity contribution in [1.82, 2.24) is 0 Å². The molecule has 0 N–H and O–H groups in total. The molecule has 1 aromatic rings. The number of hydrogen-bond acceptors (Lipinski definition) is 3. The minimum atomic E-state index is -0.929. The quantitative estimate of drug-likeness (QED) is 0.617. The molecule has 0 fully saturated rings. The maximum absolute atomic E-state index is 10.3. The molecular weight excluding hydrogens is 249 g/mol. The van der Waals surface area contributed by atoms with Gasteiger partial charge in [0.25, 0.3) is 6.47 Å². The van der Waals surface area contributed by atoms with Gasteiger partial charge in [-0.3, -0.25) is 9.79 Å². The lowest BCUT2D eigenvalue weighted by molar-refractivity contribution is -0.133. The number of aliphatic imine (C=N–C) groups is 1. The first-order chi connectivity index (χ1) is 7.58. The molecule has 2 atom stereocenters. The van der Waals surface area contributed by atoms with Crippen LogP contribution in [0.3, 0.4) is 0 Å². The zero-order chi connectivity index (χ0) is 11.8. The van der Waals surface area contributed by atoms with Crippen molar-refractivity contribution >= 4 is 41.6 Å². The average molecular weight is 258 g/mol. The molecule has 0 saturated heterocycles. The molecule has 0 amide bonds. The number of fused-ring (bicyclic) bond motifs is 1. The third-order valence-electron chi connectivity index (χ3n) is 2.61. The van der Waals surface area contributed by atoms with E-state index in [0.717, 1.165) is 11.3 Å². The molecule has 2 unspecified atom stereocenters. The summed E-state index contributed by atoms with van der Waals surface area (Å²) in [6.07, 6.45) is 1.07. The Bertz CT molecular complexity index is 461. The van der Waals surface area contributed by atoms with E-state index in [4.69, 9.17) is 27.9 Å². The van der Waals surface area contributed by atoms with Crippen LogP contribution in [0.2, 0.25) is 5.02 Å². The fraction of sp³-hybridized carbons (Fsp3) is 0.273. The number of rotatable bonds is 3. The van der Waals surface area contributed by atoms with Crippen LogP contribution in [-0.2, 0) is 14.4 Å². The second-order valence-corrected chi connectivity index (χ2v) is 4.62. The van der Waals surface area contributed by atoms with Crippen molar-refractivity contribution in [3.63, 3.8) is 0 Å². The Morgan fingerprint density at radius 3 is 3.00 bits per heavy atom. The number of carbonyl (C=O) groups excluding carboxylic acids is 1. The number of benzene rings is 1. The highest BCUT2D eigenvalue weighted by molar-refractivity contribution is 6.35. The van der Waals surface area contributed by atoms with Gasteiger partial charge < -0.3 is 4.74 Å². The zero-order valence-corrected chi connectivity index (χ0v) is 10.00. The van der Waals surface area contributed by atoms with Crippen LogP contribution in [0.4, 0.5) is 5.69 Å². The molecule has 16 heavy (non-hydrogen) atoms. The van der Waals surface area contributed by atoms with Gasteiger partial charge in [0.05, 0.1) is 5.69 Å². The van der Waals surface area contributed by atoms with Gasteiger partial charge in [-0.05, 0) is 25.1 Å². The van der Waals surface area contributed by atoms with E-state index in [1.807, 2.05) is 0 Å². The highest BCUT2D eigenvalue weighted by atomic mass is 35.5. The van der Waals surface area contributed by atoms with Crippen molar-refractivity contribution in [2.45, 2.75) is 17.9 Å². The molecule has 84 valence electrons.